The van der Waals surface area contributed by atoms with Crippen LogP contribution < -0.4 is 5.32 Å². The molecular formula is C14H23N3. The van der Waals surface area contributed by atoms with Gasteiger partial charge in [0.05, 0.1) is 5.69 Å². The van der Waals surface area contributed by atoms with E-state index in [0.717, 1.165) is 17.9 Å². The molecule has 1 N–H and O–H groups in total. The number of nitrogens with one attached hydrogen (secondary N) is 1. The van der Waals surface area contributed by atoms with E-state index in [0.29, 0.717) is 5.41 Å². The number of nitrogens with zero attached hydrogens (tertiary/aromatic N) is 2. The highest BCUT2D eigenvalue weighted by Gasteiger charge is 2.25. The van der Waals surface area contributed by atoms with Crippen molar-refractivity contribution in [3.63, 3.8) is 0 Å². The van der Waals surface area contributed by atoms with Crippen LogP contribution in [0.1, 0.15) is 32.4 Å². The maximum Gasteiger partial charge on any atom is 0.0564 e. The molecule has 1 aliphatic heterocycles. The first-order valence-corrected chi connectivity index (χ1v) is 6.44. The van der Waals surface area contributed by atoms with Crippen LogP contribution in [0.4, 0.5) is 5.69 Å². The number of piperidine rings is 1. The summed E-state index contributed by atoms with van der Waals surface area (Å²) in [5.41, 5.74) is 2.83. The van der Waals surface area contributed by atoms with Crippen molar-refractivity contribution in [1.29, 1.82) is 0 Å². The highest BCUT2D eigenvalue weighted by molar-refractivity contribution is 5.42. The van der Waals surface area contributed by atoms with Crippen LogP contribution in [0, 0.1) is 5.41 Å². The van der Waals surface area contributed by atoms with Crippen LogP contribution in [-0.4, -0.2) is 30.0 Å². The summed E-state index contributed by atoms with van der Waals surface area (Å²) < 4.78 is 0. The first-order valence-electron chi connectivity index (χ1n) is 6.44. The van der Waals surface area contributed by atoms with Gasteiger partial charge in [-0.25, -0.2) is 0 Å². The van der Waals surface area contributed by atoms with E-state index in [1.165, 1.54) is 25.9 Å². The molecule has 94 valence electrons. The molecule has 3 heteroatoms. The molecule has 0 spiro atoms. The van der Waals surface area contributed by atoms with Gasteiger partial charge in [0, 0.05) is 25.5 Å². The normalized spacial score (nSPS) is 20.2. The molecule has 1 saturated heterocycles. The molecule has 1 aliphatic rings. The lowest BCUT2D eigenvalue weighted by Crippen LogP contribution is -2.36. The Morgan fingerprint density at radius 3 is 2.71 bits per heavy atom. The molecular weight excluding hydrogens is 210 g/mol. The predicted molar refractivity (Wildman–Crippen MR) is 72.1 cm³/mol. The number of likely N-dealkylation sites (tertiary alicyclic amines) is 1. The number of hydrogen-bond acceptors (Lipinski definition) is 3. The van der Waals surface area contributed by atoms with Gasteiger partial charge < -0.3 is 5.32 Å². The van der Waals surface area contributed by atoms with Gasteiger partial charge in [-0.3, -0.25) is 9.88 Å². The summed E-state index contributed by atoms with van der Waals surface area (Å²) in [5.74, 6) is 0. The summed E-state index contributed by atoms with van der Waals surface area (Å²) in [5, 5.41) is 3.16. The molecule has 3 nitrogen and oxygen atoms in total. The molecule has 0 unspecified atom stereocenters. The number of anilines is 1. The maximum atomic E-state index is 4.44. The zero-order valence-corrected chi connectivity index (χ0v) is 11.2. The van der Waals surface area contributed by atoms with Gasteiger partial charge in [0.15, 0.2) is 0 Å². The van der Waals surface area contributed by atoms with Crippen LogP contribution in [-0.2, 0) is 6.54 Å². The predicted octanol–water partition coefficient (Wildman–Crippen LogP) is 2.75. The van der Waals surface area contributed by atoms with E-state index < -0.39 is 0 Å². The third kappa shape index (κ3) is 3.43. The van der Waals surface area contributed by atoms with Gasteiger partial charge in [0.25, 0.3) is 0 Å². The third-order valence-electron chi connectivity index (χ3n) is 3.70. The van der Waals surface area contributed by atoms with E-state index in [2.05, 4.69) is 35.1 Å². The standard InChI is InChI=1S/C14H23N3/c1-14(2)5-8-17(9-6-14)11-13-10-12(15-3)4-7-16-13/h4,7,10H,5-6,8-9,11H2,1-3H3,(H,15,16). The van der Waals surface area contributed by atoms with Crippen molar-refractivity contribution in [2.75, 3.05) is 25.5 Å². The number of rotatable bonds is 3. The van der Waals surface area contributed by atoms with Crippen LogP contribution in [0.5, 0.6) is 0 Å². The third-order valence-corrected chi connectivity index (χ3v) is 3.70. The van der Waals surface area contributed by atoms with Crippen molar-refractivity contribution in [3.8, 4) is 0 Å². The highest BCUT2D eigenvalue weighted by atomic mass is 15.1. The van der Waals surface area contributed by atoms with Crippen molar-refractivity contribution in [1.82, 2.24) is 9.88 Å². The molecule has 0 aromatic carbocycles. The summed E-state index contributed by atoms with van der Waals surface area (Å²) in [7, 11) is 1.95. The highest BCUT2D eigenvalue weighted by Crippen LogP contribution is 2.30. The van der Waals surface area contributed by atoms with E-state index >= 15 is 0 Å². The number of hydrogen-bond donors (Lipinski definition) is 1. The Morgan fingerprint density at radius 1 is 1.35 bits per heavy atom. The molecule has 2 rings (SSSR count). The first kappa shape index (κ1) is 12.4. The minimum absolute atomic E-state index is 0.525. The summed E-state index contributed by atoms with van der Waals surface area (Å²) in [4.78, 5) is 6.94. The van der Waals surface area contributed by atoms with E-state index in [4.69, 9.17) is 0 Å². The Hall–Kier alpha value is -1.09. The average molecular weight is 233 g/mol. The van der Waals surface area contributed by atoms with Crippen LogP contribution in [0.2, 0.25) is 0 Å². The van der Waals surface area contributed by atoms with E-state index in [1.807, 2.05) is 19.3 Å². The fourth-order valence-corrected chi connectivity index (χ4v) is 2.27. The molecule has 0 amide bonds. The molecule has 0 radical (unpaired) electrons. The Morgan fingerprint density at radius 2 is 2.06 bits per heavy atom. The molecule has 1 fully saturated rings. The zero-order valence-electron chi connectivity index (χ0n) is 11.2. The first-order chi connectivity index (χ1) is 8.09. The van der Waals surface area contributed by atoms with Crippen molar-refractivity contribution in [3.05, 3.63) is 24.0 Å². The minimum atomic E-state index is 0.525. The second-order valence-electron chi connectivity index (χ2n) is 5.73. The van der Waals surface area contributed by atoms with Crippen molar-refractivity contribution in [2.45, 2.75) is 33.2 Å². The Balaban J connectivity index is 1.93. The Labute approximate surface area is 104 Å². The fraction of sp³-hybridized carbons (Fsp3) is 0.643. The van der Waals surface area contributed by atoms with Crippen LogP contribution >= 0.6 is 0 Å². The topological polar surface area (TPSA) is 28.2 Å². The summed E-state index contributed by atoms with van der Waals surface area (Å²) in [6, 6.07) is 4.14. The van der Waals surface area contributed by atoms with Gasteiger partial charge in [-0.15, -0.1) is 0 Å². The maximum absolute atomic E-state index is 4.44. The number of aromatic nitrogens is 1. The molecule has 0 saturated carbocycles. The fourth-order valence-electron chi connectivity index (χ4n) is 2.27. The lowest BCUT2D eigenvalue weighted by molar-refractivity contribution is 0.126. The van der Waals surface area contributed by atoms with E-state index in [-0.39, 0.29) is 0 Å². The van der Waals surface area contributed by atoms with Gasteiger partial charge >= 0.3 is 0 Å². The quantitative estimate of drug-likeness (QED) is 0.870. The van der Waals surface area contributed by atoms with Gasteiger partial charge in [-0.2, -0.15) is 0 Å². The van der Waals surface area contributed by atoms with E-state index in [9.17, 15) is 0 Å². The zero-order chi connectivity index (χ0) is 12.3. The molecule has 0 bridgehead atoms. The van der Waals surface area contributed by atoms with Gasteiger partial charge in [-0.05, 0) is 43.5 Å². The van der Waals surface area contributed by atoms with Crippen LogP contribution in [0.25, 0.3) is 0 Å². The second-order valence-corrected chi connectivity index (χ2v) is 5.73. The average Bonchev–Trinajstić information content (AvgIpc) is 2.32. The number of pyridine rings is 1. The second kappa shape index (κ2) is 5.05. The monoisotopic (exact) mass is 233 g/mol. The molecule has 0 atom stereocenters. The van der Waals surface area contributed by atoms with Gasteiger partial charge in [0.2, 0.25) is 0 Å². The lowest BCUT2D eigenvalue weighted by atomic mass is 9.83. The summed E-state index contributed by atoms with van der Waals surface area (Å²) >= 11 is 0. The van der Waals surface area contributed by atoms with Crippen molar-refractivity contribution < 1.29 is 0 Å². The van der Waals surface area contributed by atoms with Gasteiger partial charge in [0.1, 0.15) is 0 Å². The minimum Gasteiger partial charge on any atom is -0.388 e. The SMILES string of the molecule is CNc1ccnc(CN2CCC(C)(C)CC2)c1. The Kier molecular flexibility index (Phi) is 3.67. The smallest absolute Gasteiger partial charge is 0.0564 e. The molecule has 1 aromatic rings. The summed E-state index contributed by atoms with van der Waals surface area (Å²) in [6.07, 6.45) is 4.46. The van der Waals surface area contributed by atoms with Crippen molar-refractivity contribution >= 4 is 5.69 Å². The Bertz CT molecular complexity index is 363. The lowest BCUT2D eigenvalue weighted by Gasteiger charge is -2.36. The molecule has 0 aliphatic carbocycles. The molecule has 1 aromatic heterocycles. The molecule has 2 heterocycles. The molecule has 17 heavy (non-hydrogen) atoms. The van der Waals surface area contributed by atoms with Crippen LogP contribution in [0.3, 0.4) is 0 Å². The van der Waals surface area contributed by atoms with Crippen LogP contribution in [0.15, 0.2) is 18.3 Å². The van der Waals surface area contributed by atoms with E-state index in [1.54, 1.807) is 0 Å². The van der Waals surface area contributed by atoms with Crippen molar-refractivity contribution in [2.24, 2.45) is 5.41 Å². The summed E-state index contributed by atoms with van der Waals surface area (Å²) in [6.45, 7) is 8.09. The van der Waals surface area contributed by atoms with Gasteiger partial charge in [-0.1, -0.05) is 13.8 Å². The largest absolute Gasteiger partial charge is 0.388 e.